The summed E-state index contributed by atoms with van der Waals surface area (Å²) >= 11 is 0. The van der Waals surface area contributed by atoms with E-state index in [2.05, 4.69) is 26.0 Å². The predicted octanol–water partition coefficient (Wildman–Crippen LogP) is 3.32. The van der Waals surface area contributed by atoms with Gasteiger partial charge >= 0.3 is 5.97 Å². The number of rotatable bonds is 4. The highest BCUT2D eigenvalue weighted by molar-refractivity contribution is 5.78. The SMILES string of the molecule is CCCC1(CCC)OC(=O)[C@@H]2[C@H]1[C@@H]1C=C[C@H]2C1. The van der Waals surface area contributed by atoms with Gasteiger partial charge in [0.05, 0.1) is 5.92 Å². The van der Waals surface area contributed by atoms with Crippen LogP contribution in [0.15, 0.2) is 12.2 Å². The third-order valence-electron chi connectivity index (χ3n) is 4.99. The number of hydrogen-bond acceptors (Lipinski definition) is 2. The van der Waals surface area contributed by atoms with E-state index in [0.29, 0.717) is 17.8 Å². The lowest BCUT2D eigenvalue weighted by Gasteiger charge is -2.35. The fourth-order valence-electron chi connectivity index (χ4n) is 4.60. The van der Waals surface area contributed by atoms with Crippen LogP contribution in [0.5, 0.6) is 0 Å². The Bertz CT molecular complexity index is 352. The largest absolute Gasteiger partial charge is 0.458 e. The molecule has 0 aromatic rings. The molecule has 1 heterocycles. The van der Waals surface area contributed by atoms with Crippen molar-refractivity contribution in [1.29, 1.82) is 0 Å². The van der Waals surface area contributed by atoms with Crippen LogP contribution in [0.1, 0.15) is 46.0 Å². The van der Waals surface area contributed by atoms with E-state index in [1.807, 2.05) is 0 Å². The third-order valence-corrected chi connectivity index (χ3v) is 4.99. The number of ether oxygens (including phenoxy) is 1. The van der Waals surface area contributed by atoms with Gasteiger partial charge in [-0.15, -0.1) is 0 Å². The molecule has 1 saturated heterocycles. The fourth-order valence-corrected chi connectivity index (χ4v) is 4.60. The summed E-state index contributed by atoms with van der Waals surface area (Å²) in [5.41, 5.74) is -0.130. The van der Waals surface area contributed by atoms with Crippen molar-refractivity contribution in [2.24, 2.45) is 23.7 Å². The van der Waals surface area contributed by atoms with Gasteiger partial charge in [-0.1, -0.05) is 38.8 Å². The molecular weight excluding hydrogens is 212 g/mol. The second kappa shape index (κ2) is 3.86. The van der Waals surface area contributed by atoms with Crippen LogP contribution in [0.2, 0.25) is 0 Å². The topological polar surface area (TPSA) is 26.3 Å². The van der Waals surface area contributed by atoms with Crippen molar-refractivity contribution >= 4 is 5.97 Å². The first-order valence-electron chi connectivity index (χ1n) is 7.13. The summed E-state index contributed by atoms with van der Waals surface area (Å²) in [6, 6.07) is 0. The molecule has 0 amide bonds. The minimum Gasteiger partial charge on any atom is -0.458 e. The van der Waals surface area contributed by atoms with Gasteiger partial charge in [0.2, 0.25) is 0 Å². The van der Waals surface area contributed by atoms with Gasteiger partial charge in [0.25, 0.3) is 0 Å². The number of carbonyl (C=O) groups is 1. The van der Waals surface area contributed by atoms with Crippen LogP contribution < -0.4 is 0 Å². The van der Waals surface area contributed by atoms with Crippen molar-refractivity contribution in [3.8, 4) is 0 Å². The number of allylic oxidation sites excluding steroid dienone is 2. The molecule has 3 rings (SSSR count). The lowest BCUT2D eigenvalue weighted by atomic mass is 9.71. The molecule has 0 aromatic carbocycles. The molecule has 2 heteroatoms. The summed E-state index contributed by atoms with van der Waals surface area (Å²) in [7, 11) is 0. The second-order valence-electron chi connectivity index (χ2n) is 5.99. The van der Waals surface area contributed by atoms with Crippen LogP contribution in [0, 0.1) is 23.7 Å². The number of fused-ring (bicyclic) bond motifs is 5. The van der Waals surface area contributed by atoms with E-state index in [1.54, 1.807) is 0 Å². The standard InChI is InChI=1S/C15H22O2/c1-3-7-15(8-4-2)13-11-6-5-10(9-11)12(13)14(16)17-15/h5-6,10-13H,3-4,7-9H2,1-2H3/t10-,11+,12-,13+/m0/s1. The highest BCUT2D eigenvalue weighted by Crippen LogP contribution is 2.59. The Morgan fingerprint density at radius 1 is 1.24 bits per heavy atom. The molecule has 3 aliphatic rings. The Balaban J connectivity index is 1.95. The van der Waals surface area contributed by atoms with Crippen molar-refractivity contribution in [3.63, 3.8) is 0 Å². The Hall–Kier alpha value is -0.790. The molecule has 2 bridgehead atoms. The second-order valence-corrected chi connectivity index (χ2v) is 5.99. The lowest BCUT2D eigenvalue weighted by Crippen LogP contribution is -2.39. The van der Waals surface area contributed by atoms with E-state index >= 15 is 0 Å². The van der Waals surface area contributed by atoms with Gasteiger partial charge in [0.15, 0.2) is 0 Å². The Labute approximate surface area is 103 Å². The van der Waals surface area contributed by atoms with Crippen molar-refractivity contribution in [2.75, 3.05) is 0 Å². The maximum Gasteiger partial charge on any atom is 0.310 e. The molecule has 2 nitrogen and oxygen atoms in total. The third kappa shape index (κ3) is 1.42. The molecule has 0 unspecified atom stereocenters. The van der Waals surface area contributed by atoms with Gasteiger partial charge in [0, 0.05) is 5.92 Å². The van der Waals surface area contributed by atoms with Gasteiger partial charge in [0.1, 0.15) is 5.60 Å². The quantitative estimate of drug-likeness (QED) is 0.551. The minimum atomic E-state index is -0.130. The number of cyclic esters (lactones) is 1. The van der Waals surface area contributed by atoms with Crippen LogP contribution in [-0.4, -0.2) is 11.6 Å². The molecule has 1 aliphatic heterocycles. The average molecular weight is 234 g/mol. The lowest BCUT2D eigenvalue weighted by molar-refractivity contribution is -0.153. The number of hydrogen-bond donors (Lipinski definition) is 0. The number of carbonyl (C=O) groups excluding carboxylic acids is 1. The molecule has 2 fully saturated rings. The van der Waals surface area contributed by atoms with Crippen LogP contribution in [0.4, 0.5) is 0 Å². The van der Waals surface area contributed by atoms with E-state index in [1.165, 1.54) is 6.42 Å². The van der Waals surface area contributed by atoms with Crippen molar-refractivity contribution in [3.05, 3.63) is 12.2 Å². The van der Waals surface area contributed by atoms with Crippen LogP contribution in [-0.2, 0) is 9.53 Å². The molecular formula is C15H22O2. The van der Waals surface area contributed by atoms with Crippen molar-refractivity contribution < 1.29 is 9.53 Å². The summed E-state index contributed by atoms with van der Waals surface area (Å²) < 4.78 is 5.90. The van der Waals surface area contributed by atoms with Gasteiger partial charge in [-0.3, -0.25) is 4.79 Å². The Kier molecular flexibility index (Phi) is 2.57. The van der Waals surface area contributed by atoms with Gasteiger partial charge in [-0.2, -0.15) is 0 Å². The maximum atomic E-state index is 12.2. The van der Waals surface area contributed by atoms with Gasteiger partial charge in [-0.05, 0) is 31.1 Å². The Morgan fingerprint density at radius 2 is 1.88 bits per heavy atom. The van der Waals surface area contributed by atoms with E-state index < -0.39 is 0 Å². The van der Waals surface area contributed by atoms with Gasteiger partial charge < -0.3 is 4.74 Å². The monoisotopic (exact) mass is 234 g/mol. The minimum absolute atomic E-state index is 0.0914. The molecule has 94 valence electrons. The summed E-state index contributed by atoms with van der Waals surface area (Å²) in [6.45, 7) is 4.39. The fraction of sp³-hybridized carbons (Fsp3) is 0.800. The van der Waals surface area contributed by atoms with Crippen LogP contribution in [0.25, 0.3) is 0 Å². The zero-order valence-corrected chi connectivity index (χ0v) is 10.8. The van der Waals surface area contributed by atoms with Crippen LogP contribution >= 0.6 is 0 Å². The van der Waals surface area contributed by atoms with Crippen LogP contribution in [0.3, 0.4) is 0 Å². The van der Waals surface area contributed by atoms with E-state index in [-0.39, 0.29) is 17.5 Å². The highest BCUT2D eigenvalue weighted by Gasteiger charge is 2.63. The van der Waals surface area contributed by atoms with E-state index in [9.17, 15) is 4.79 Å². The zero-order chi connectivity index (χ0) is 12.0. The molecule has 2 aliphatic carbocycles. The van der Waals surface area contributed by atoms with E-state index in [4.69, 9.17) is 4.74 Å². The average Bonchev–Trinajstić information content (AvgIpc) is 2.93. The molecule has 0 N–H and O–H groups in total. The normalized spacial score (nSPS) is 40.7. The smallest absolute Gasteiger partial charge is 0.310 e. The molecule has 0 spiro atoms. The molecule has 17 heavy (non-hydrogen) atoms. The molecule has 1 saturated carbocycles. The van der Waals surface area contributed by atoms with E-state index in [0.717, 1.165) is 25.7 Å². The first-order valence-corrected chi connectivity index (χ1v) is 7.13. The van der Waals surface area contributed by atoms with Gasteiger partial charge in [-0.25, -0.2) is 0 Å². The summed E-state index contributed by atoms with van der Waals surface area (Å²) in [5.74, 6) is 1.84. The summed E-state index contributed by atoms with van der Waals surface area (Å²) in [4.78, 5) is 12.2. The molecule has 0 radical (unpaired) electrons. The maximum absolute atomic E-state index is 12.2. The first-order chi connectivity index (χ1) is 8.22. The molecule has 0 aromatic heterocycles. The Morgan fingerprint density at radius 3 is 2.53 bits per heavy atom. The predicted molar refractivity (Wildman–Crippen MR) is 66.4 cm³/mol. The van der Waals surface area contributed by atoms with Crippen molar-refractivity contribution in [2.45, 2.75) is 51.6 Å². The first kappa shape index (κ1) is 11.3. The highest BCUT2D eigenvalue weighted by atomic mass is 16.6. The number of esters is 1. The molecule has 4 atom stereocenters. The summed E-state index contributed by atoms with van der Waals surface area (Å²) in [6.07, 6.45) is 10.1. The van der Waals surface area contributed by atoms with Crippen molar-refractivity contribution in [1.82, 2.24) is 0 Å². The zero-order valence-electron chi connectivity index (χ0n) is 10.8. The summed E-state index contributed by atoms with van der Waals surface area (Å²) in [5, 5.41) is 0.